The summed E-state index contributed by atoms with van der Waals surface area (Å²) in [6.07, 6.45) is 4.30. The van der Waals surface area contributed by atoms with Crippen LogP contribution in [0.5, 0.6) is 0 Å². The molecule has 2 saturated heterocycles. The molecule has 27 heavy (non-hydrogen) atoms. The average Bonchev–Trinajstić information content (AvgIpc) is 2.89. The molecule has 2 fully saturated rings. The second kappa shape index (κ2) is 7.52. The van der Waals surface area contributed by atoms with E-state index in [1.165, 1.54) is 12.1 Å². The number of rotatable bonds is 4. The highest BCUT2D eigenvalue weighted by Crippen LogP contribution is 2.23. The Kier molecular flexibility index (Phi) is 5.65. The molecule has 0 bridgehead atoms. The number of carbonyl (C=O) groups is 1. The van der Waals surface area contributed by atoms with Gasteiger partial charge < -0.3 is 5.32 Å². The van der Waals surface area contributed by atoms with Gasteiger partial charge in [0.05, 0.1) is 22.4 Å². The molecule has 0 spiro atoms. The number of hydrogen-bond acceptors (Lipinski definition) is 6. The number of carbonyl (C=O) groups excluding carboxylic acids is 1. The number of amides is 1. The molecule has 1 aromatic rings. The zero-order valence-electron chi connectivity index (χ0n) is 15.6. The van der Waals surface area contributed by atoms with Crippen LogP contribution in [0.15, 0.2) is 23.1 Å². The first-order valence-corrected chi connectivity index (χ1v) is 12.8. The summed E-state index contributed by atoms with van der Waals surface area (Å²) in [4.78, 5) is 15.1. The minimum absolute atomic E-state index is 0.0559. The monoisotopic (exact) mass is 414 g/mol. The van der Waals surface area contributed by atoms with E-state index in [2.05, 4.69) is 10.2 Å². The van der Waals surface area contributed by atoms with Crippen LogP contribution in [0, 0.1) is 6.92 Å². The van der Waals surface area contributed by atoms with Crippen molar-refractivity contribution in [1.29, 1.82) is 0 Å². The fourth-order valence-corrected chi connectivity index (χ4v) is 6.50. The summed E-state index contributed by atoms with van der Waals surface area (Å²) >= 11 is 0. The fraction of sp³-hybridized carbons (Fsp3) is 0.611. The van der Waals surface area contributed by atoms with E-state index in [0.29, 0.717) is 5.56 Å². The van der Waals surface area contributed by atoms with Crippen molar-refractivity contribution >= 4 is 25.6 Å². The van der Waals surface area contributed by atoms with Gasteiger partial charge in [-0.25, -0.2) is 16.8 Å². The molecule has 1 N–H and O–H groups in total. The Morgan fingerprint density at radius 3 is 2.44 bits per heavy atom. The van der Waals surface area contributed by atoms with Crippen LogP contribution in [0.4, 0.5) is 0 Å². The molecule has 9 heteroatoms. The van der Waals surface area contributed by atoms with Crippen LogP contribution < -0.4 is 5.32 Å². The van der Waals surface area contributed by atoms with Crippen molar-refractivity contribution in [2.24, 2.45) is 0 Å². The number of hydrogen-bond donors (Lipinski definition) is 1. The first-order chi connectivity index (χ1) is 12.6. The van der Waals surface area contributed by atoms with Gasteiger partial charge in [0.1, 0.15) is 0 Å². The highest BCUT2D eigenvalue weighted by Gasteiger charge is 2.42. The van der Waals surface area contributed by atoms with Crippen molar-refractivity contribution in [2.75, 3.05) is 30.9 Å². The van der Waals surface area contributed by atoms with Gasteiger partial charge >= 0.3 is 0 Å². The minimum atomic E-state index is -3.43. The van der Waals surface area contributed by atoms with Crippen molar-refractivity contribution in [3.63, 3.8) is 0 Å². The van der Waals surface area contributed by atoms with E-state index in [0.717, 1.165) is 38.6 Å². The summed E-state index contributed by atoms with van der Waals surface area (Å²) in [5.41, 5.74) is 0.912. The van der Waals surface area contributed by atoms with Crippen LogP contribution in [-0.4, -0.2) is 70.6 Å². The standard InChI is InChI=1S/C18H26N2O5S2/c1-13-6-7-14(26(2,22)23)10-15(13)18(21)19-16-11-27(24,25)12-17(16)20-8-4-3-5-9-20/h6-7,10,16-17H,3-5,8-9,11-12H2,1-2H3,(H,19,21). The van der Waals surface area contributed by atoms with Gasteiger partial charge in [0.25, 0.3) is 5.91 Å². The van der Waals surface area contributed by atoms with Crippen molar-refractivity contribution in [3.8, 4) is 0 Å². The Morgan fingerprint density at radius 1 is 1.15 bits per heavy atom. The molecular weight excluding hydrogens is 388 g/mol. The number of nitrogens with zero attached hydrogens (tertiary/aromatic N) is 1. The van der Waals surface area contributed by atoms with E-state index >= 15 is 0 Å². The van der Waals surface area contributed by atoms with Crippen molar-refractivity contribution in [1.82, 2.24) is 10.2 Å². The second-order valence-corrected chi connectivity index (χ2v) is 11.7. The van der Waals surface area contributed by atoms with Crippen molar-refractivity contribution < 1.29 is 21.6 Å². The maximum absolute atomic E-state index is 12.8. The Bertz CT molecular complexity index is 934. The van der Waals surface area contributed by atoms with Gasteiger partial charge in [-0.1, -0.05) is 12.5 Å². The lowest BCUT2D eigenvalue weighted by molar-refractivity contribution is 0.0899. The number of piperidine rings is 1. The average molecular weight is 415 g/mol. The van der Waals surface area contributed by atoms with Crippen LogP contribution in [0.2, 0.25) is 0 Å². The third kappa shape index (κ3) is 4.70. The van der Waals surface area contributed by atoms with Crippen LogP contribution >= 0.6 is 0 Å². The van der Waals surface area contributed by atoms with Gasteiger partial charge in [-0.2, -0.15) is 0 Å². The van der Waals surface area contributed by atoms with E-state index in [4.69, 9.17) is 0 Å². The van der Waals surface area contributed by atoms with Gasteiger partial charge in [0.2, 0.25) is 0 Å². The SMILES string of the molecule is Cc1ccc(S(C)(=O)=O)cc1C(=O)NC1CS(=O)(=O)CC1N1CCCCC1. The minimum Gasteiger partial charge on any atom is -0.347 e. The molecule has 3 rings (SSSR count). The predicted molar refractivity (Wildman–Crippen MR) is 103 cm³/mol. The first-order valence-electron chi connectivity index (χ1n) is 9.13. The molecule has 7 nitrogen and oxygen atoms in total. The quantitative estimate of drug-likeness (QED) is 0.781. The lowest BCUT2D eigenvalue weighted by Gasteiger charge is -2.35. The Labute approximate surface area is 161 Å². The molecule has 0 radical (unpaired) electrons. The Morgan fingerprint density at radius 2 is 1.81 bits per heavy atom. The van der Waals surface area contributed by atoms with Gasteiger partial charge in [0.15, 0.2) is 19.7 Å². The number of benzene rings is 1. The van der Waals surface area contributed by atoms with Crippen molar-refractivity contribution in [3.05, 3.63) is 29.3 Å². The molecule has 1 aromatic carbocycles. The van der Waals surface area contributed by atoms with Gasteiger partial charge in [0, 0.05) is 17.9 Å². The zero-order chi connectivity index (χ0) is 19.8. The molecule has 2 heterocycles. The number of aryl methyl sites for hydroxylation is 1. The summed E-state index contributed by atoms with van der Waals surface area (Å²) in [7, 11) is -6.65. The number of sulfone groups is 2. The van der Waals surface area contributed by atoms with Crippen LogP contribution in [0.3, 0.4) is 0 Å². The topological polar surface area (TPSA) is 101 Å². The summed E-state index contributed by atoms with van der Waals surface area (Å²) in [5.74, 6) is -0.451. The highest BCUT2D eigenvalue weighted by atomic mass is 32.2. The molecule has 2 unspecified atom stereocenters. The van der Waals surface area contributed by atoms with E-state index in [9.17, 15) is 21.6 Å². The first kappa shape index (κ1) is 20.3. The van der Waals surface area contributed by atoms with Crippen LogP contribution in [-0.2, 0) is 19.7 Å². The number of likely N-dealkylation sites (tertiary alicyclic amines) is 1. The van der Waals surface area contributed by atoms with Gasteiger partial charge in [-0.15, -0.1) is 0 Å². The third-order valence-electron chi connectivity index (χ3n) is 5.38. The van der Waals surface area contributed by atoms with Crippen LogP contribution in [0.25, 0.3) is 0 Å². The second-order valence-electron chi connectivity index (χ2n) is 7.57. The normalized spacial score (nSPS) is 26.0. The highest BCUT2D eigenvalue weighted by molar-refractivity contribution is 7.91. The Balaban J connectivity index is 1.83. The fourth-order valence-electron chi connectivity index (χ4n) is 3.90. The largest absolute Gasteiger partial charge is 0.347 e. The molecule has 0 saturated carbocycles. The van der Waals surface area contributed by atoms with Crippen LogP contribution in [0.1, 0.15) is 35.2 Å². The van der Waals surface area contributed by atoms with E-state index in [1.54, 1.807) is 13.0 Å². The van der Waals surface area contributed by atoms with E-state index in [-0.39, 0.29) is 28.0 Å². The van der Waals surface area contributed by atoms with E-state index < -0.39 is 31.6 Å². The lowest BCUT2D eigenvalue weighted by atomic mass is 10.0. The number of nitrogens with one attached hydrogen (secondary N) is 1. The van der Waals surface area contributed by atoms with Gasteiger partial charge in [-0.05, 0) is 50.6 Å². The lowest BCUT2D eigenvalue weighted by Crippen LogP contribution is -2.52. The summed E-state index contributed by atoms with van der Waals surface area (Å²) in [5, 5.41) is 2.86. The summed E-state index contributed by atoms with van der Waals surface area (Å²) in [6, 6.07) is 3.72. The Hall–Kier alpha value is -1.45. The zero-order valence-corrected chi connectivity index (χ0v) is 17.3. The molecule has 2 aliphatic rings. The third-order valence-corrected chi connectivity index (χ3v) is 8.21. The van der Waals surface area contributed by atoms with Gasteiger partial charge in [-0.3, -0.25) is 9.69 Å². The molecule has 0 aliphatic carbocycles. The molecule has 2 aliphatic heterocycles. The summed E-state index contributed by atoms with van der Waals surface area (Å²) in [6.45, 7) is 3.42. The molecule has 150 valence electrons. The molecular formula is C18H26N2O5S2. The molecule has 1 amide bonds. The molecule has 0 aromatic heterocycles. The summed E-state index contributed by atoms with van der Waals surface area (Å²) < 4.78 is 48.0. The maximum atomic E-state index is 12.8. The predicted octanol–water partition coefficient (Wildman–Crippen LogP) is 0.780. The van der Waals surface area contributed by atoms with Crippen molar-refractivity contribution in [2.45, 2.75) is 43.2 Å². The smallest absolute Gasteiger partial charge is 0.251 e. The van der Waals surface area contributed by atoms with E-state index in [1.807, 2.05) is 0 Å². The molecule has 2 atom stereocenters. The maximum Gasteiger partial charge on any atom is 0.251 e.